The highest BCUT2D eigenvalue weighted by atomic mass is 35.5. The molecule has 8 heteroatoms. The number of benzene rings is 2. The first-order valence-corrected chi connectivity index (χ1v) is 9.77. The van der Waals surface area contributed by atoms with Crippen molar-refractivity contribution in [3.63, 3.8) is 0 Å². The number of hydrogen-bond acceptors (Lipinski definition) is 4. The van der Waals surface area contributed by atoms with Crippen LogP contribution in [-0.4, -0.2) is 16.8 Å². The number of halogens is 2. The molecule has 0 fully saturated rings. The average molecular weight is 416 g/mol. The molecule has 2 aromatic carbocycles. The standard InChI is InChI=1S/C20H15ClFN3O2S/c21-16-4-2-1-3-11(16)7-13-10-23-20(28-13)25-19(27)15-9-18(26)24-17-8-12(22)5-6-14(15)17/h1-6,8,10,15H,7,9H2,(H,24,26)(H,23,25,27). The summed E-state index contributed by atoms with van der Waals surface area (Å²) in [5, 5.41) is 6.50. The minimum absolute atomic E-state index is 0.00230. The number of fused-ring (bicyclic) bond motifs is 1. The van der Waals surface area contributed by atoms with Crippen molar-refractivity contribution in [2.45, 2.75) is 18.8 Å². The number of anilines is 2. The van der Waals surface area contributed by atoms with Crippen LogP contribution in [0.5, 0.6) is 0 Å². The topological polar surface area (TPSA) is 71.1 Å². The Labute approximate surface area is 169 Å². The molecule has 0 aliphatic carbocycles. The van der Waals surface area contributed by atoms with Gasteiger partial charge in [-0.3, -0.25) is 9.59 Å². The summed E-state index contributed by atoms with van der Waals surface area (Å²) in [7, 11) is 0. The first-order chi connectivity index (χ1) is 13.5. The van der Waals surface area contributed by atoms with E-state index >= 15 is 0 Å². The van der Waals surface area contributed by atoms with Gasteiger partial charge in [-0.1, -0.05) is 35.9 Å². The number of aromatic nitrogens is 1. The molecule has 0 saturated heterocycles. The normalized spacial score (nSPS) is 15.6. The van der Waals surface area contributed by atoms with E-state index in [1.165, 1.54) is 29.5 Å². The zero-order chi connectivity index (χ0) is 19.7. The Bertz CT molecular complexity index is 1070. The van der Waals surface area contributed by atoms with Crippen LogP contribution in [0.3, 0.4) is 0 Å². The number of nitrogens with one attached hydrogen (secondary N) is 2. The van der Waals surface area contributed by atoms with E-state index in [0.717, 1.165) is 10.4 Å². The van der Waals surface area contributed by atoms with Gasteiger partial charge in [-0.2, -0.15) is 0 Å². The summed E-state index contributed by atoms with van der Waals surface area (Å²) >= 11 is 7.54. The number of hydrogen-bond donors (Lipinski definition) is 2. The lowest BCUT2D eigenvalue weighted by atomic mass is 9.90. The van der Waals surface area contributed by atoms with Crippen LogP contribution >= 0.6 is 22.9 Å². The number of nitrogens with zero attached hydrogens (tertiary/aromatic N) is 1. The van der Waals surface area contributed by atoms with Gasteiger partial charge in [0.15, 0.2) is 5.13 Å². The smallest absolute Gasteiger partial charge is 0.234 e. The summed E-state index contributed by atoms with van der Waals surface area (Å²) in [6.07, 6.45) is 2.31. The van der Waals surface area contributed by atoms with Gasteiger partial charge in [0.2, 0.25) is 11.8 Å². The molecule has 1 unspecified atom stereocenters. The minimum atomic E-state index is -0.694. The Hall–Kier alpha value is -2.77. The second-order valence-corrected chi connectivity index (χ2v) is 7.95. The fraction of sp³-hybridized carbons (Fsp3) is 0.150. The Morgan fingerprint density at radius 3 is 2.96 bits per heavy atom. The van der Waals surface area contributed by atoms with Crippen LogP contribution in [-0.2, 0) is 16.0 Å². The van der Waals surface area contributed by atoms with Gasteiger partial charge >= 0.3 is 0 Å². The van der Waals surface area contributed by atoms with Crippen LogP contribution in [0.1, 0.15) is 28.3 Å². The molecule has 2 N–H and O–H groups in total. The van der Waals surface area contributed by atoms with Gasteiger partial charge in [0.05, 0.1) is 5.92 Å². The summed E-state index contributed by atoms with van der Waals surface area (Å²) in [4.78, 5) is 29.8. The molecule has 28 heavy (non-hydrogen) atoms. The lowest BCUT2D eigenvalue weighted by Crippen LogP contribution is -2.30. The Morgan fingerprint density at radius 1 is 1.32 bits per heavy atom. The number of thiazole rings is 1. The third-order valence-electron chi connectivity index (χ3n) is 4.48. The molecule has 1 aromatic heterocycles. The van der Waals surface area contributed by atoms with E-state index < -0.39 is 11.7 Å². The van der Waals surface area contributed by atoms with Gasteiger partial charge in [-0.25, -0.2) is 9.37 Å². The number of carbonyl (C=O) groups is 2. The van der Waals surface area contributed by atoms with Crippen LogP contribution in [0, 0.1) is 5.82 Å². The first-order valence-electron chi connectivity index (χ1n) is 8.58. The summed E-state index contributed by atoms with van der Waals surface area (Å²) in [6.45, 7) is 0. The number of amides is 2. The third kappa shape index (κ3) is 3.90. The third-order valence-corrected chi connectivity index (χ3v) is 5.76. The molecule has 3 aromatic rings. The Balaban J connectivity index is 1.50. The molecule has 0 saturated carbocycles. The van der Waals surface area contributed by atoms with Crippen molar-refractivity contribution in [3.8, 4) is 0 Å². The van der Waals surface area contributed by atoms with Crippen LogP contribution in [0.2, 0.25) is 5.02 Å². The van der Waals surface area contributed by atoms with Crippen molar-refractivity contribution >= 4 is 45.6 Å². The quantitative estimate of drug-likeness (QED) is 0.654. The highest BCUT2D eigenvalue weighted by molar-refractivity contribution is 7.15. The van der Waals surface area contributed by atoms with Gasteiger partial charge in [0, 0.05) is 34.6 Å². The zero-order valence-corrected chi connectivity index (χ0v) is 16.1. The largest absolute Gasteiger partial charge is 0.326 e. The number of rotatable bonds is 4. The van der Waals surface area contributed by atoms with Crippen molar-refractivity contribution in [1.29, 1.82) is 0 Å². The predicted molar refractivity (Wildman–Crippen MR) is 107 cm³/mol. The van der Waals surface area contributed by atoms with Crippen molar-refractivity contribution < 1.29 is 14.0 Å². The second kappa shape index (κ2) is 7.69. The lowest BCUT2D eigenvalue weighted by Gasteiger charge is -2.24. The maximum atomic E-state index is 13.4. The fourth-order valence-electron chi connectivity index (χ4n) is 3.14. The fourth-order valence-corrected chi connectivity index (χ4v) is 4.18. The maximum absolute atomic E-state index is 13.4. The molecule has 1 aliphatic heterocycles. The number of carbonyl (C=O) groups excluding carboxylic acids is 2. The SMILES string of the molecule is O=C1CC(C(=O)Nc2ncc(Cc3ccccc3Cl)s2)c2ccc(F)cc2N1. The molecule has 142 valence electrons. The molecule has 1 atom stereocenters. The Kier molecular flexibility index (Phi) is 5.11. The molecule has 1 aliphatic rings. The van der Waals surface area contributed by atoms with Crippen LogP contribution in [0.4, 0.5) is 15.2 Å². The van der Waals surface area contributed by atoms with Gasteiger partial charge in [-0.15, -0.1) is 11.3 Å². The minimum Gasteiger partial charge on any atom is -0.326 e. The maximum Gasteiger partial charge on any atom is 0.234 e. The molecule has 2 heterocycles. The summed E-state index contributed by atoms with van der Waals surface area (Å²) in [5.74, 6) is -1.83. The van der Waals surface area contributed by atoms with Gasteiger partial charge in [0.1, 0.15) is 5.82 Å². The van der Waals surface area contributed by atoms with Crippen molar-refractivity contribution in [2.75, 3.05) is 10.6 Å². The van der Waals surface area contributed by atoms with E-state index in [1.807, 2.05) is 24.3 Å². The molecule has 5 nitrogen and oxygen atoms in total. The molecular formula is C20H15ClFN3O2S. The highest BCUT2D eigenvalue weighted by Crippen LogP contribution is 2.34. The summed E-state index contributed by atoms with van der Waals surface area (Å²) in [5.41, 5.74) is 1.90. The van der Waals surface area contributed by atoms with Crippen LogP contribution in [0.25, 0.3) is 0 Å². The molecule has 4 rings (SSSR count). The first kappa shape index (κ1) is 18.6. The van der Waals surface area contributed by atoms with Crippen LogP contribution in [0.15, 0.2) is 48.7 Å². The monoisotopic (exact) mass is 415 g/mol. The predicted octanol–water partition coefficient (Wildman–Crippen LogP) is 4.59. The van der Waals surface area contributed by atoms with E-state index in [1.54, 1.807) is 6.20 Å². The second-order valence-electron chi connectivity index (χ2n) is 6.43. The summed E-state index contributed by atoms with van der Waals surface area (Å²) in [6, 6.07) is 11.6. The van der Waals surface area contributed by atoms with E-state index in [2.05, 4.69) is 15.6 Å². The van der Waals surface area contributed by atoms with Crippen molar-refractivity contribution in [2.24, 2.45) is 0 Å². The van der Waals surface area contributed by atoms with E-state index in [4.69, 9.17) is 11.6 Å². The molecular weight excluding hydrogens is 401 g/mol. The zero-order valence-electron chi connectivity index (χ0n) is 14.5. The molecule has 0 bridgehead atoms. The molecule has 0 radical (unpaired) electrons. The van der Waals surface area contributed by atoms with Gasteiger partial charge in [-0.05, 0) is 29.3 Å². The average Bonchev–Trinajstić information content (AvgIpc) is 3.09. The summed E-state index contributed by atoms with van der Waals surface area (Å²) < 4.78 is 13.4. The Morgan fingerprint density at radius 2 is 2.14 bits per heavy atom. The van der Waals surface area contributed by atoms with Crippen molar-refractivity contribution in [1.82, 2.24) is 4.98 Å². The highest BCUT2D eigenvalue weighted by Gasteiger charge is 2.31. The van der Waals surface area contributed by atoms with E-state index in [0.29, 0.717) is 27.8 Å². The van der Waals surface area contributed by atoms with Gasteiger partial charge < -0.3 is 10.6 Å². The van der Waals surface area contributed by atoms with Gasteiger partial charge in [0.25, 0.3) is 0 Å². The lowest BCUT2D eigenvalue weighted by molar-refractivity contribution is -0.123. The van der Waals surface area contributed by atoms with Crippen LogP contribution < -0.4 is 10.6 Å². The molecule has 2 amide bonds. The van der Waals surface area contributed by atoms with E-state index in [-0.39, 0.29) is 18.2 Å². The molecule has 0 spiro atoms. The van der Waals surface area contributed by atoms with Crippen molar-refractivity contribution in [3.05, 3.63) is 75.5 Å². The van der Waals surface area contributed by atoms with E-state index in [9.17, 15) is 14.0 Å².